The molecule has 18 rings (SSSR count). The first-order chi connectivity index (χ1) is 58.2. The molecule has 4 saturated carbocycles. The number of amides is 4. The van der Waals surface area contributed by atoms with Gasteiger partial charge in [-0.3, -0.25) is 24.2 Å². The van der Waals surface area contributed by atoms with Crippen molar-refractivity contribution in [2.45, 2.75) is 275 Å². The normalized spacial score (nSPS) is 39.8. The number of nitrogens with one attached hydrogen (secondary N) is 2. The summed E-state index contributed by atoms with van der Waals surface area (Å²) >= 11 is 0. The quantitative estimate of drug-likeness (QED) is 0.0322. The molecule has 666 valence electrons. The van der Waals surface area contributed by atoms with E-state index < -0.39 is 95.7 Å². The van der Waals surface area contributed by atoms with E-state index in [1.54, 1.807) is 30.3 Å². The molecule has 2 spiro atoms. The number of hydrogen-bond donors (Lipinski definition) is 6. The summed E-state index contributed by atoms with van der Waals surface area (Å²) < 4.78 is 106. The number of ether oxygens (including phenoxy) is 17. The molecule has 7 N–H and O–H groups in total. The van der Waals surface area contributed by atoms with Gasteiger partial charge in [0.25, 0.3) is 0 Å². The Hall–Kier alpha value is -8.39. The summed E-state index contributed by atoms with van der Waals surface area (Å²) in [5.74, 6) is -0.942. The number of fused-ring (bicyclic) bond motifs is 14. The van der Waals surface area contributed by atoms with E-state index >= 15 is 0 Å². The van der Waals surface area contributed by atoms with E-state index in [4.69, 9.17) is 105 Å². The van der Waals surface area contributed by atoms with Gasteiger partial charge in [0, 0.05) is 91.0 Å². The topological polar surface area (TPSA) is 482 Å². The smallest absolute Gasteiger partial charge is 0.411 e. The molecule has 16 aliphatic rings. The Morgan fingerprint density at radius 2 is 1.06 bits per heavy atom. The van der Waals surface area contributed by atoms with Crippen molar-refractivity contribution in [2.75, 3.05) is 63.6 Å². The number of esters is 3. The molecule has 6 aliphatic carbocycles. The molecular weight excluding hydrogens is 1600 g/mol. The van der Waals surface area contributed by atoms with Gasteiger partial charge in [-0.05, 0) is 117 Å². The number of anilines is 2. The summed E-state index contributed by atoms with van der Waals surface area (Å²) in [6.07, 6.45) is -6.01. The van der Waals surface area contributed by atoms with Gasteiger partial charge < -0.3 is 112 Å². The highest BCUT2D eigenvalue weighted by Crippen LogP contribution is 2.82. The van der Waals surface area contributed by atoms with Crippen LogP contribution in [0.4, 0.5) is 21.0 Å². The van der Waals surface area contributed by atoms with Crippen molar-refractivity contribution < 1.29 is 149 Å². The van der Waals surface area contributed by atoms with Crippen LogP contribution in [0.2, 0.25) is 0 Å². The summed E-state index contributed by atoms with van der Waals surface area (Å²) in [5, 5.41) is 36.0. The number of rotatable bonds is 25. The van der Waals surface area contributed by atoms with E-state index in [1.165, 1.54) is 22.8 Å². The summed E-state index contributed by atoms with van der Waals surface area (Å²) in [7, 11) is 0. The van der Waals surface area contributed by atoms with Crippen LogP contribution < -0.4 is 25.8 Å². The second-order valence-electron chi connectivity index (χ2n) is 35.8. The molecule has 12 fully saturated rings. The van der Waals surface area contributed by atoms with E-state index in [1.807, 2.05) is 41.5 Å². The van der Waals surface area contributed by atoms with Gasteiger partial charge in [0.2, 0.25) is 24.4 Å². The van der Waals surface area contributed by atoms with Crippen molar-refractivity contribution in [3.8, 4) is 11.5 Å². The first-order valence-electron chi connectivity index (χ1n) is 42.5. The number of nitrogens with two attached hydrogens (primary N) is 1. The van der Waals surface area contributed by atoms with Crippen LogP contribution in [0.15, 0.2) is 58.7 Å². The standard InChI is InChI=1S/C45H60N2O13.C39H51N3O14.2CO2/c1-10-12-31(49)46-29-17-26(13-14-30(29)57-41-34(56-25(8)48)23(6)22(5)24(7)55-41)18-53-42(51)47(11-2)20-54-37-33-36-35(58-36)32-28-19-52-40(50)27(28)15-16-43(32,9)45(33)39(60-45)38-44(37,59-38)21(3)4;1-5-42(36(48)51-13-18-6-7-23(21(12-18)41-24(44)9-11-40)53-35-28(46)27(45)22(43)15-50-35)16-52-31-26-30-29(54-30)25-20-14-49-34(47)19(20)8-10-37(25,4)39(26)33(56-39)32-38(31,55-32)17(2)3;2*2-1-3/h13-14,17,21-24,32-39,41H,10-12,15-16,18-20H2,1-9H3,(H,46,49);6-7,12,17,22,25-33,35,43,45-46H,5,8-11,13-16,40H2,1-4H3,(H,41,44);;/t22-,23-,24?,32+,33?,34?,35-,36+,37-,38-,39-,41-,43-,44+,45+;22-,25-,26?,27+,28?,29+,30-,31+,32+,33+,35+,37+,38-,39-;;/m01../s1. The van der Waals surface area contributed by atoms with Gasteiger partial charge >= 0.3 is 42.4 Å². The van der Waals surface area contributed by atoms with E-state index in [2.05, 4.69) is 52.2 Å². The van der Waals surface area contributed by atoms with Crippen LogP contribution in [0, 0.1) is 58.2 Å². The molecule has 5 unspecified atom stereocenters. The minimum atomic E-state index is -1.55. The number of aliphatic hydroxyl groups is 3. The Morgan fingerprint density at radius 3 is 1.48 bits per heavy atom. The Kier molecular flexibility index (Phi) is 24.5. The second-order valence-corrected chi connectivity index (χ2v) is 35.8. The minimum Gasteiger partial charge on any atom is -0.460 e. The van der Waals surface area contributed by atoms with Crippen molar-refractivity contribution in [2.24, 2.45) is 63.9 Å². The maximum absolute atomic E-state index is 13.8. The van der Waals surface area contributed by atoms with Gasteiger partial charge in [0.1, 0.15) is 117 Å². The third-order valence-corrected chi connectivity index (χ3v) is 29.1. The highest BCUT2D eigenvalue weighted by atomic mass is 16.7. The van der Waals surface area contributed by atoms with Crippen LogP contribution in [0.1, 0.15) is 146 Å². The van der Waals surface area contributed by atoms with Crippen molar-refractivity contribution in [1.29, 1.82) is 0 Å². The maximum atomic E-state index is 13.8. The van der Waals surface area contributed by atoms with Crippen LogP contribution >= 0.6 is 0 Å². The summed E-state index contributed by atoms with van der Waals surface area (Å²) in [6, 6.07) is 9.88. The van der Waals surface area contributed by atoms with Crippen molar-refractivity contribution in [1.82, 2.24) is 9.80 Å². The lowest BCUT2D eigenvalue weighted by molar-refractivity contribution is -0.242. The second kappa shape index (κ2) is 33.8. The number of cyclic esters (lactones) is 2. The Labute approximate surface area is 704 Å². The predicted molar refractivity (Wildman–Crippen MR) is 413 cm³/mol. The van der Waals surface area contributed by atoms with Gasteiger partial charge in [0.15, 0.2) is 6.10 Å². The number of aliphatic hydroxyl groups excluding tert-OH is 3. The zero-order chi connectivity index (χ0) is 87.5. The fraction of sp³-hybridized carbons (Fsp3) is 0.709. The Bertz CT molecular complexity index is 4540. The molecular formula is C86H111N5O31. The average Bonchev–Trinajstić information content (AvgIpc) is 1.44. The number of epoxide rings is 6. The number of benzene rings is 2. The van der Waals surface area contributed by atoms with Crippen LogP contribution in [0.5, 0.6) is 11.5 Å². The molecule has 10 aliphatic heterocycles. The fourth-order valence-corrected chi connectivity index (χ4v) is 22.5. The molecule has 2 aromatic rings. The lowest BCUT2D eigenvalue weighted by atomic mass is 9.47. The van der Waals surface area contributed by atoms with Gasteiger partial charge in [-0.1, -0.05) is 74.4 Å². The number of carbonyl (C=O) groups excluding carboxylic acids is 11. The molecule has 4 amide bonds. The van der Waals surface area contributed by atoms with Gasteiger partial charge in [-0.25, -0.2) is 19.2 Å². The molecule has 36 nitrogen and oxygen atoms in total. The summed E-state index contributed by atoms with van der Waals surface area (Å²) in [5.41, 5.74) is 8.13. The largest absolute Gasteiger partial charge is 0.460 e. The molecule has 29 atom stereocenters. The van der Waals surface area contributed by atoms with E-state index in [-0.39, 0.29) is 201 Å². The third kappa shape index (κ3) is 14.7. The summed E-state index contributed by atoms with van der Waals surface area (Å²) in [6.45, 7) is 26.8. The average molecular weight is 1710 g/mol. The Balaban J connectivity index is 0.000000179. The lowest BCUT2D eigenvalue weighted by Crippen LogP contribution is -2.66. The fourth-order valence-electron chi connectivity index (χ4n) is 22.5. The zero-order valence-electron chi connectivity index (χ0n) is 70.7. The van der Waals surface area contributed by atoms with Crippen LogP contribution in [-0.4, -0.2) is 259 Å². The molecule has 8 saturated heterocycles. The zero-order valence-corrected chi connectivity index (χ0v) is 70.7. The van der Waals surface area contributed by atoms with Crippen LogP contribution in [0.25, 0.3) is 0 Å². The molecule has 10 heterocycles. The van der Waals surface area contributed by atoms with Crippen molar-refractivity contribution in [3.63, 3.8) is 0 Å². The highest BCUT2D eigenvalue weighted by Gasteiger charge is 2.95. The first kappa shape index (κ1) is 88.5. The predicted octanol–water partition coefficient (Wildman–Crippen LogP) is 5.20. The van der Waals surface area contributed by atoms with Crippen LogP contribution in [0.3, 0.4) is 0 Å². The van der Waals surface area contributed by atoms with E-state index in [0.29, 0.717) is 74.6 Å². The highest BCUT2D eigenvalue weighted by molar-refractivity contribution is 5.94. The number of nitrogens with zero attached hydrogens (tertiary/aromatic N) is 2. The third-order valence-electron chi connectivity index (χ3n) is 29.1. The minimum absolute atomic E-state index is 0.0150. The van der Waals surface area contributed by atoms with E-state index in [9.17, 15) is 48.9 Å². The molecule has 122 heavy (non-hydrogen) atoms. The molecule has 0 bridgehead atoms. The SMILES string of the molecule is CCCC(=O)Nc1cc(COC(=O)N(CC)CO[C@H]2C3[C@H]4O[C@H]4[C@H]4C5=C(CC[C@]4(C)[C@@]34O[C@H]4[C@@H]3O[C@]23C(C)C)C(=O)OC5)ccc1O[C@@H]1OC(C)[C@@H](C)[C@H](C)C1OC(C)=O.CCN(CO[C@H]1C2[C@H]3O[C@H]3[C@H]3C4=C(CC[C@]3(C)[C@@]23O[C@H]3[C@@H]2O[C@]12C(C)C)C(=O)OC4)C(=O)OCc1ccc(O[C@@H]2OC[C@@H](O)[C@H](O)C2O)c(NC(=O)CCN)c1.O=C=O.O=C=O. The number of carbonyl (C=O) groups is 7. The van der Waals surface area contributed by atoms with Gasteiger partial charge in [-0.2, -0.15) is 19.2 Å². The maximum Gasteiger partial charge on any atom is 0.411 e. The van der Waals surface area contributed by atoms with Crippen LogP contribution in [-0.2, 0) is 127 Å². The van der Waals surface area contributed by atoms with E-state index in [0.717, 1.165) is 35.1 Å². The van der Waals surface area contributed by atoms with Crippen molar-refractivity contribution >= 4 is 65.6 Å². The molecule has 2 aromatic carbocycles. The monoisotopic (exact) mass is 1710 g/mol. The number of hydrogen-bond acceptors (Lipinski definition) is 32. The van der Waals surface area contributed by atoms with Gasteiger partial charge in [-0.15, -0.1) is 0 Å². The summed E-state index contributed by atoms with van der Waals surface area (Å²) in [4.78, 5) is 126. The first-order valence-corrected chi connectivity index (χ1v) is 42.5. The lowest BCUT2D eigenvalue weighted by Gasteiger charge is -2.54. The van der Waals surface area contributed by atoms with Gasteiger partial charge in [0.05, 0.1) is 60.7 Å². The molecule has 0 radical (unpaired) electrons. The molecule has 36 heteroatoms. The molecule has 0 aromatic heterocycles. The van der Waals surface area contributed by atoms with Crippen molar-refractivity contribution in [3.05, 3.63) is 69.8 Å². The Morgan fingerprint density at radius 1 is 0.607 bits per heavy atom.